The summed E-state index contributed by atoms with van der Waals surface area (Å²) in [6, 6.07) is 6.60. The third kappa shape index (κ3) is 4.13. The Kier molecular flexibility index (Phi) is 5.96. The largest absolute Gasteiger partial charge is 0.375 e. The molecule has 0 amide bonds. The Morgan fingerprint density at radius 2 is 2.00 bits per heavy atom. The van der Waals surface area contributed by atoms with Crippen LogP contribution in [0.2, 0.25) is 10.0 Å². The number of benzene rings is 1. The summed E-state index contributed by atoms with van der Waals surface area (Å²) in [7, 11) is 0. The Hall–Kier alpha value is -0.280. The van der Waals surface area contributed by atoms with E-state index in [4.69, 9.17) is 27.9 Å². The number of nitrogens with one attached hydrogen (secondary N) is 1. The first-order chi connectivity index (χ1) is 9.99. The van der Waals surface area contributed by atoms with Crippen LogP contribution in [-0.4, -0.2) is 18.2 Å². The lowest BCUT2D eigenvalue weighted by atomic mass is 9.85. The number of hydrogen-bond donors (Lipinski definition) is 1. The topological polar surface area (TPSA) is 21.3 Å². The van der Waals surface area contributed by atoms with E-state index in [1.54, 1.807) is 0 Å². The molecule has 0 saturated carbocycles. The Morgan fingerprint density at radius 1 is 1.29 bits per heavy atom. The third-order valence-corrected chi connectivity index (χ3v) is 5.45. The van der Waals surface area contributed by atoms with Crippen LogP contribution >= 0.6 is 23.2 Å². The van der Waals surface area contributed by atoms with Crippen molar-refractivity contribution in [2.45, 2.75) is 64.1 Å². The van der Waals surface area contributed by atoms with Crippen LogP contribution in [0.3, 0.4) is 0 Å². The monoisotopic (exact) mass is 329 g/mol. The SMILES string of the molecule is CCC1(CC)CC(NC(C)c2ccc(Cl)c(Cl)c2)CCO1. The van der Waals surface area contributed by atoms with Crippen LogP contribution < -0.4 is 5.32 Å². The zero-order valence-electron chi connectivity index (χ0n) is 13.1. The van der Waals surface area contributed by atoms with E-state index in [9.17, 15) is 0 Å². The maximum absolute atomic E-state index is 6.11. The Morgan fingerprint density at radius 3 is 2.62 bits per heavy atom. The lowest BCUT2D eigenvalue weighted by Gasteiger charge is -2.41. The first kappa shape index (κ1) is 17.1. The summed E-state index contributed by atoms with van der Waals surface area (Å²) in [6.45, 7) is 7.45. The van der Waals surface area contributed by atoms with E-state index in [-0.39, 0.29) is 11.6 Å². The van der Waals surface area contributed by atoms with E-state index in [1.165, 1.54) is 5.56 Å². The minimum absolute atomic E-state index is 0.0489. The van der Waals surface area contributed by atoms with Gasteiger partial charge in [0, 0.05) is 18.7 Å². The van der Waals surface area contributed by atoms with Crippen molar-refractivity contribution in [1.29, 1.82) is 0 Å². The van der Waals surface area contributed by atoms with Crippen molar-refractivity contribution in [2.75, 3.05) is 6.61 Å². The van der Waals surface area contributed by atoms with E-state index in [1.807, 2.05) is 18.2 Å². The lowest BCUT2D eigenvalue weighted by molar-refractivity contribution is -0.0939. The predicted octanol–water partition coefficient (Wildman–Crippen LogP) is 5.38. The van der Waals surface area contributed by atoms with E-state index >= 15 is 0 Å². The van der Waals surface area contributed by atoms with Gasteiger partial charge in [-0.2, -0.15) is 0 Å². The fourth-order valence-electron chi connectivity index (χ4n) is 3.14. The molecule has 1 aliphatic rings. The van der Waals surface area contributed by atoms with Crippen molar-refractivity contribution in [1.82, 2.24) is 5.32 Å². The van der Waals surface area contributed by atoms with Gasteiger partial charge in [0.15, 0.2) is 0 Å². The smallest absolute Gasteiger partial charge is 0.0692 e. The van der Waals surface area contributed by atoms with Crippen molar-refractivity contribution in [3.63, 3.8) is 0 Å². The maximum atomic E-state index is 6.11. The molecule has 2 nitrogen and oxygen atoms in total. The molecule has 1 aromatic carbocycles. The highest BCUT2D eigenvalue weighted by atomic mass is 35.5. The van der Waals surface area contributed by atoms with Crippen LogP contribution in [-0.2, 0) is 4.74 Å². The molecule has 2 atom stereocenters. The molecular formula is C17H25Cl2NO. The highest BCUT2D eigenvalue weighted by Gasteiger charge is 2.34. The average Bonchev–Trinajstić information content (AvgIpc) is 2.50. The lowest BCUT2D eigenvalue weighted by Crippen LogP contribution is -2.47. The summed E-state index contributed by atoms with van der Waals surface area (Å²) in [6.07, 6.45) is 4.28. The minimum atomic E-state index is 0.0489. The molecular weight excluding hydrogens is 305 g/mol. The van der Waals surface area contributed by atoms with Gasteiger partial charge in [-0.25, -0.2) is 0 Å². The molecule has 1 aliphatic heterocycles. The Balaban J connectivity index is 2.01. The van der Waals surface area contributed by atoms with Crippen LogP contribution in [0.15, 0.2) is 18.2 Å². The Bertz CT molecular complexity index is 474. The fourth-order valence-corrected chi connectivity index (χ4v) is 3.45. The van der Waals surface area contributed by atoms with Crippen LogP contribution in [0.25, 0.3) is 0 Å². The van der Waals surface area contributed by atoms with Crippen molar-refractivity contribution in [3.8, 4) is 0 Å². The van der Waals surface area contributed by atoms with Gasteiger partial charge in [0.1, 0.15) is 0 Å². The molecule has 1 heterocycles. The van der Waals surface area contributed by atoms with Crippen LogP contribution in [0, 0.1) is 0 Å². The number of hydrogen-bond acceptors (Lipinski definition) is 2. The van der Waals surface area contributed by atoms with Gasteiger partial charge >= 0.3 is 0 Å². The van der Waals surface area contributed by atoms with Gasteiger partial charge in [-0.1, -0.05) is 43.1 Å². The van der Waals surface area contributed by atoms with Crippen LogP contribution in [0.4, 0.5) is 0 Å². The predicted molar refractivity (Wildman–Crippen MR) is 90.3 cm³/mol. The summed E-state index contributed by atoms with van der Waals surface area (Å²) in [5.74, 6) is 0. The number of rotatable bonds is 5. The first-order valence-electron chi connectivity index (χ1n) is 7.84. The molecule has 2 rings (SSSR count). The van der Waals surface area contributed by atoms with Gasteiger partial charge in [-0.15, -0.1) is 0 Å². The summed E-state index contributed by atoms with van der Waals surface area (Å²) in [4.78, 5) is 0. The second kappa shape index (κ2) is 7.32. The van der Waals surface area contributed by atoms with Gasteiger partial charge < -0.3 is 10.1 Å². The van der Waals surface area contributed by atoms with Crippen molar-refractivity contribution >= 4 is 23.2 Å². The highest BCUT2D eigenvalue weighted by Crippen LogP contribution is 2.33. The van der Waals surface area contributed by atoms with E-state index < -0.39 is 0 Å². The van der Waals surface area contributed by atoms with Crippen molar-refractivity contribution in [3.05, 3.63) is 33.8 Å². The molecule has 0 aromatic heterocycles. The van der Waals surface area contributed by atoms with Gasteiger partial charge in [0.05, 0.1) is 15.6 Å². The second-order valence-corrected chi connectivity index (χ2v) is 6.80. The molecule has 118 valence electrons. The second-order valence-electron chi connectivity index (χ2n) is 5.99. The zero-order chi connectivity index (χ0) is 15.5. The molecule has 0 aliphatic carbocycles. The Labute approximate surface area is 138 Å². The number of halogens is 2. The quantitative estimate of drug-likeness (QED) is 0.782. The van der Waals surface area contributed by atoms with Crippen molar-refractivity contribution in [2.24, 2.45) is 0 Å². The molecule has 1 saturated heterocycles. The number of ether oxygens (including phenoxy) is 1. The van der Waals surface area contributed by atoms with Crippen LogP contribution in [0.5, 0.6) is 0 Å². The maximum Gasteiger partial charge on any atom is 0.0692 e. The molecule has 21 heavy (non-hydrogen) atoms. The van der Waals surface area contributed by atoms with E-state index in [2.05, 4.69) is 26.1 Å². The molecule has 0 spiro atoms. The van der Waals surface area contributed by atoms with E-state index in [0.29, 0.717) is 16.1 Å². The van der Waals surface area contributed by atoms with Crippen LogP contribution in [0.1, 0.15) is 58.1 Å². The average molecular weight is 330 g/mol. The molecule has 2 unspecified atom stereocenters. The van der Waals surface area contributed by atoms with Gasteiger partial charge in [0.2, 0.25) is 0 Å². The summed E-state index contributed by atoms with van der Waals surface area (Å²) < 4.78 is 6.04. The standard InChI is InChI=1S/C17H25Cl2NO/c1-4-17(5-2)11-14(8-9-21-17)20-12(3)13-6-7-15(18)16(19)10-13/h6-7,10,12,14,20H,4-5,8-9,11H2,1-3H3. The molecule has 0 bridgehead atoms. The van der Waals surface area contributed by atoms with Gasteiger partial charge in [-0.05, 0) is 50.3 Å². The molecule has 1 fully saturated rings. The summed E-state index contributed by atoms with van der Waals surface area (Å²) in [5.41, 5.74) is 1.22. The molecule has 0 radical (unpaired) electrons. The molecule has 4 heteroatoms. The van der Waals surface area contributed by atoms with Gasteiger partial charge in [-0.3, -0.25) is 0 Å². The molecule has 1 N–H and O–H groups in total. The summed E-state index contributed by atoms with van der Waals surface area (Å²) in [5, 5.41) is 4.95. The van der Waals surface area contributed by atoms with Crippen molar-refractivity contribution < 1.29 is 4.74 Å². The highest BCUT2D eigenvalue weighted by molar-refractivity contribution is 6.42. The zero-order valence-corrected chi connectivity index (χ0v) is 14.6. The fraction of sp³-hybridized carbons (Fsp3) is 0.647. The third-order valence-electron chi connectivity index (χ3n) is 4.71. The first-order valence-corrected chi connectivity index (χ1v) is 8.60. The normalized spacial score (nSPS) is 23.0. The minimum Gasteiger partial charge on any atom is -0.375 e. The summed E-state index contributed by atoms with van der Waals surface area (Å²) >= 11 is 12.1. The van der Waals surface area contributed by atoms with Gasteiger partial charge in [0.25, 0.3) is 0 Å². The molecule has 1 aromatic rings. The van der Waals surface area contributed by atoms with E-state index in [0.717, 1.165) is 32.3 Å².